The Bertz CT molecular complexity index is 534. The Kier molecular flexibility index (Phi) is 4.60. The van der Waals surface area contributed by atoms with E-state index in [1.165, 1.54) is 0 Å². The highest BCUT2D eigenvalue weighted by Crippen LogP contribution is 2.24. The largest absolute Gasteiger partial charge is 0.316 e. The van der Waals surface area contributed by atoms with E-state index in [1.807, 2.05) is 26.1 Å². The molecule has 0 atom stereocenters. The topological polar surface area (TPSA) is 49.4 Å². The van der Waals surface area contributed by atoms with Crippen LogP contribution in [0.25, 0.3) is 0 Å². The second-order valence-corrected chi connectivity index (χ2v) is 7.00. The summed E-state index contributed by atoms with van der Waals surface area (Å²) in [5.74, 6) is 0. The number of benzene rings is 1. The van der Waals surface area contributed by atoms with Gasteiger partial charge in [-0.2, -0.15) is 4.31 Å². The SMILES string of the molecule is CNCc1ccc(C)c(S(=O)(=O)N2CCCCC2)c1. The van der Waals surface area contributed by atoms with Crippen molar-refractivity contribution in [3.63, 3.8) is 0 Å². The Balaban J connectivity index is 2.35. The van der Waals surface area contributed by atoms with E-state index in [2.05, 4.69) is 5.32 Å². The Morgan fingerprint density at radius 3 is 2.53 bits per heavy atom. The van der Waals surface area contributed by atoms with Gasteiger partial charge in [-0.25, -0.2) is 8.42 Å². The van der Waals surface area contributed by atoms with Crippen LogP contribution in [0, 0.1) is 6.92 Å². The molecule has 1 aliphatic rings. The van der Waals surface area contributed by atoms with Crippen LogP contribution in [-0.2, 0) is 16.6 Å². The van der Waals surface area contributed by atoms with Crippen LogP contribution in [-0.4, -0.2) is 32.9 Å². The van der Waals surface area contributed by atoms with E-state index in [4.69, 9.17) is 0 Å². The molecule has 2 rings (SSSR count). The summed E-state index contributed by atoms with van der Waals surface area (Å²) in [6.07, 6.45) is 3.06. The number of hydrogen-bond donors (Lipinski definition) is 1. The van der Waals surface area contributed by atoms with Gasteiger partial charge in [-0.05, 0) is 44.0 Å². The minimum atomic E-state index is -3.33. The second-order valence-electron chi connectivity index (χ2n) is 5.09. The second kappa shape index (κ2) is 6.03. The zero-order valence-electron chi connectivity index (χ0n) is 11.6. The number of nitrogens with one attached hydrogen (secondary N) is 1. The van der Waals surface area contributed by atoms with E-state index in [1.54, 1.807) is 10.4 Å². The molecule has 5 heteroatoms. The van der Waals surface area contributed by atoms with Gasteiger partial charge >= 0.3 is 0 Å². The molecule has 1 N–H and O–H groups in total. The lowest BCUT2D eigenvalue weighted by Gasteiger charge is -2.26. The highest BCUT2D eigenvalue weighted by molar-refractivity contribution is 7.89. The minimum Gasteiger partial charge on any atom is -0.316 e. The first-order valence-corrected chi connectivity index (χ1v) is 8.24. The predicted octanol–water partition coefficient (Wildman–Crippen LogP) is 1.89. The molecule has 1 fully saturated rings. The Hall–Kier alpha value is -0.910. The summed E-state index contributed by atoms with van der Waals surface area (Å²) in [5.41, 5.74) is 1.83. The average molecular weight is 282 g/mol. The van der Waals surface area contributed by atoms with Crippen LogP contribution in [0.15, 0.2) is 23.1 Å². The van der Waals surface area contributed by atoms with Crippen molar-refractivity contribution in [3.8, 4) is 0 Å². The zero-order chi connectivity index (χ0) is 13.9. The number of aryl methyl sites for hydroxylation is 1. The van der Waals surface area contributed by atoms with Crippen molar-refractivity contribution in [2.24, 2.45) is 0 Å². The molecular formula is C14H22N2O2S. The highest BCUT2D eigenvalue weighted by atomic mass is 32.2. The third kappa shape index (κ3) is 3.16. The summed E-state index contributed by atoms with van der Waals surface area (Å²) in [4.78, 5) is 0.460. The van der Waals surface area contributed by atoms with Crippen molar-refractivity contribution in [1.29, 1.82) is 0 Å². The molecule has 19 heavy (non-hydrogen) atoms. The van der Waals surface area contributed by atoms with Crippen LogP contribution in [0.5, 0.6) is 0 Å². The number of sulfonamides is 1. The molecule has 106 valence electrons. The molecule has 0 radical (unpaired) electrons. The summed E-state index contributed by atoms with van der Waals surface area (Å²) >= 11 is 0. The van der Waals surface area contributed by atoms with E-state index in [9.17, 15) is 8.42 Å². The van der Waals surface area contributed by atoms with Crippen molar-refractivity contribution < 1.29 is 8.42 Å². The summed E-state index contributed by atoms with van der Waals surface area (Å²) in [6, 6.07) is 5.67. The molecule has 0 unspecified atom stereocenters. The van der Waals surface area contributed by atoms with Gasteiger partial charge in [-0.1, -0.05) is 18.6 Å². The van der Waals surface area contributed by atoms with Gasteiger partial charge in [0.25, 0.3) is 0 Å². The smallest absolute Gasteiger partial charge is 0.243 e. The van der Waals surface area contributed by atoms with Gasteiger partial charge in [0.15, 0.2) is 0 Å². The molecule has 1 saturated heterocycles. The summed E-state index contributed by atoms with van der Waals surface area (Å²) in [5, 5.41) is 3.05. The van der Waals surface area contributed by atoms with E-state index in [0.717, 1.165) is 30.4 Å². The standard InChI is InChI=1S/C14H22N2O2S/c1-12-6-7-13(11-15-2)10-14(12)19(17,18)16-8-4-3-5-9-16/h6-7,10,15H,3-5,8-9,11H2,1-2H3. The van der Waals surface area contributed by atoms with Crippen molar-refractivity contribution >= 4 is 10.0 Å². The van der Waals surface area contributed by atoms with Crippen molar-refractivity contribution in [3.05, 3.63) is 29.3 Å². The fraction of sp³-hybridized carbons (Fsp3) is 0.571. The van der Waals surface area contributed by atoms with Crippen LogP contribution in [0.4, 0.5) is 0 Å². The maximum Gasteiger partial charge on any atom is 0.243 e. The number of rotatable bonds is 4. The van der Waals surface area contributed by atoms with Crippen LogP contribution in [0.3, 0.4) is 0 Å². The molecular weight excluding hydrogens is 260 g/mol. The molecule has 4 nitrogen and oxygen atoms in total. The van der Waals surface area contributed by atoms with E-state index in [0.29, 0.717) is 24.5 Å². The third-order valence-corrected chi connectivity index (χ3v) is 5.61. The van der Waals surface area contributed by atoms with E-state index < -0.39 is 10.0 Å². The molecule has 1 heterocycles. The van der Waals surface area contributed by atoms with Crippen LogP contribution in [0.1, 0.15) is 30.4 Å². The molecule has 1 aromatic rings. The van der Waals surface area contributed by atoms with Crippen LogP contribution < -0.4 is 5.32 Å². The number of piperidine rings is 1. The summed E-state index contributed by atoms with van der Waals surface area (Å²) < 4.78 is 27.0. The predicted molar refractivity (Wildman–Crippen MR) is 76.6 cm³/mol. The maximum atomic E-state index is 12.7. The van der Waals surface area contributed by atoms with Crippen molar-refractivity contribution in [2.45, 2.75) is 37.6 Å². The van der Waals surface area contributed by atoms with Gasteiger partial charge in [0.1, 0.15) is 0 Å². The summed E-state index contributed by atoms with van der Waals surface area (Å²) in [7, 11) is -1.47. The van der Waals surface area contributed by atoms with Crippen molar-refractivity contribution in [1.82, 2.24) is 9.62 Å². The number of hydrogen-bond acceptors (Lipinski definition) is 3. The first-order valence-electron chi connectivity index (χ1n) is 6.80. The molecule has 0 aromatic heterocycles. The zero-order valence-corrected chi connectivity index (χ0v) is 12.5. The quantitative estimate of drug-likeness (QED) is 0.917. The van der Waals surface area contributed by atoms with Gasteiger partial charge in [-0.3, -0.25) is 0 Å². The lowest BCUT2D eigenvalue weighted by Crippen LogP contribution is -2.36. The average Bonchev–Trinajstić information content (AvgIpc) is 2.42. The van der Waals surface area contributed by atoms with Gasteiger partial charge in [0.05, 0.1) is 4.90 Å². The lowest BCUT2D eigenvalue weighted by molar-refractivity contribution is 0.346. The molecule has 1 aromatic carbocycles. The minimum absolute atomic E-state index is 0.460. The van der Waals surface area contributed by atoms with Crippen LogP contribution in [0.2, 0.25) is 0 Å². The summed E-state index contributed by atoms with van der Waals surface area (Å²) in [6.45, 7) is 3.85. The Labute approximate surface area is 115 Å². The molecule has 0 bridgehead atoms. The highest BCUT2D eigenvalue weighted by Gasteiger charge is 2.27. The Morgan fingerprint density at radius 2 is 1.89 bits per heavy atom. The first-order chi connectivity index (χ1) is 9.05. The van der Waals surface area contributed by atoms with E-state index >= 15 is 0 Å². The monoisotopic (exact) mass is 282 g/mol. The Morgan fingerprint density at radius 1 is 1.21 bits per heavy atom. The fourth-order valence-corrected chi connectivity index (χ4v) is 4.27. The maximum absolute atomic E-state index is 12.7. The normalized spacial score (nSPS) is 17.6. The van der Waals surface area contributed by atoms with Gasteiger partial charge in [0.2, 0.25) is 10.0 Å². The fourth-order valence-electron chi connectivity index (χ4n) is 2.48. The molecule has 0 aliphatic carbocycles. The molecule has 1 aliphatic heterocycles. The van der Waals surface area contributed by atoms with Gasteiger partial charge in [-0.15, -0.1) is 0 Å². The number of nitrogens with zero attached hydrogens (tertiary/aromatic N) is 1. The van der Waals surface area contributed by atoms with Crippen molar-refractivity contribution in [2.75, 3.05) is 20.1 Å². The van der Waals surface area contributed by atoms with E-state index in [-0.39, 0.29) is 0 Å². The lowest BCUT2D eigenvalue weighted by atomic mass is 10.1. The van der Waals surface area contributed by atoms with Gasteiger partial charge in [0, 0.05) is 19.6 Å². The van der Waals surface area contributed by atoms with Gasteiger partial charge < -0.3 is 5.32 Å². The molecule has 0 amide bonds. The third-order valence-electron chi connectivity index (χ3n) is 3.57. The molecule has 0 spiro atoms. The van der Waals surface area contributed by atoms with Crippen LogP contribution >= 0.6 is 0 Å². The first kappa shape index (κ1) is 14.5. The molecule has 0 saturated carbocycles.